The molecule has 9 heavy (non-hydrogen) atoms. The summed E-state index contributed by atoms with van der Waals surface area (Å²) >= 11 is 0. The minimum absolute atomic E-state index is 1.40. The van der Waals surface area contributed by atoms with Gasteiger partial charge in [0.2, 0.25) is 0 Å². The number of nitrogens with two attached hydrogens (primary N) is 1. The molecule has 1 heterocycles. The van der Waals surface area contributed by atoms with Crippen molar-refractivity contribution in [3.8, 4) is 0 Å². The van der Waals surface area contributed by atoms with Gasteiger partial charge in [-0.2, -0.15) is 15.8 Å². The second-order valence-corrected chi connectivity index (χ2v) is 1.46. The highest BCUT2D eigenvalue weighted by atomic mass is 15.8. The van der Waals surface area contributed by atoms with Gasteiger partial charge in [-0.05, 0) is 12.2 Å². The summed E-state index contributed by atoms with van der Waals surface area (Å²) in [7, 11) is 0. The summed E-state index contributed by atoms with van der Waals surface area (Å²) in [6.45, 7) is 0. The van der Waals surface area contributed by atoms with Crippen molar-refractivity contribution in [3.05, 3.63) is 24.4 Å². The molecule has 0 unspecified atom stereocenters. The van der Waals surface area contributed by atoms with Gasteiger partial charge in [0.15, 0.2) is 0 Å². The van der Waals surface area contributed by atoms with Crippen LogP contribution in [0.15, 0.2) is 29.5 Å². The molecule has 0 saturated carbocycles. The van der Waals surface area contributed by atoms with Crippen molar-refractivity contribution in [2.75, 3.05) is 0 Å². The van der Waals surface area contributed by atoms with Gasteiger partial charge in [-0.3, -0.25) is 5.84 Å². The Morgan fingerprint density at radius 2 is 2.22 bits per heavy atom. The van der Waals surface area contributed by atoms with Crippen LogP contribution in [0.3, 0.4) is 0 Å². The van der Waals surface area contributed by atoms with Gasteiger partial charge >= 0.3 is 0 Å². The molecule has 4 heteroatoms. The molecule has 0 fully saturated rings. The van der Waals surface area contributed by atoms with Crippen LogP contribution in [-0.2, 0) is 0 Å². The summed E-state index contributed by atoms with van der Waals surface area (Å²) in [4.78, 5) is 0. The third-order valence-electron chi connectivity index (χ3n) is 0.859. The fourth-order valence-corrected chi connectivity index (χ4v) is 0.470. The van der Waals surface area contributed by atoms with E-state index in [1.165, 1.54) is 5.12 Å². The Balaban J connectivity index is 2.58. The lowest BCUT2D eigenvalue weighted by Crippen LogP contribution is -2.34. The van der Waals surface area contributed by atoms with Gasteiger partial charge in [-0.1, -0.05) is 6.08 Å². The van der Waals surface area contributed by atoms with Crippen LogP contribution >= 0.6 is 0 Å². The van der Waals surface area contributed by atoms with Gasteiger partial charge in [0, 0.05) is 12.4 Å². The maximum absolute atomic E-state index is 5.06. The van der Waals surface area contributed by atoms with E-state index in [0.29, 0.717) is 0 Å². The first kappa shape index (κ1) is 6.00. The lowest BCUT2D eigenvalue weighted by atomic mass is 10.5. The van der Waals surface area contributed by atoms with Crippen LogP contribution in [0.25, 0.3) is 0 Å². The molecule has 1 aliphatic rings. The van der Waals surface area contributed by atoms with Crippen LogP contribution in [0.1, 0.15) is 0 Å². The molecule has 0 radical (unpaired) electrons. The number of nitrogens with one attached hydrogen (secondary N) is 1. The molecule has 0 saturated heterocycles. The second kappa shape index (κ2) is 3.01. The fourth-order valence-electron chi connectivity index (χ4n) is 0.470. The van der Waals surface area contributed by atoms with Crippen molar-refractivity contribution in [1.82, 2.24) is 10.7 Å². The number of hydrogen-bond donors (Lipinski definition) is 2. The minimum Gasteiger partial charge on any atom is -0.252 e. The smallest absolute Gasteiger partial charge is 0.0490 e. The zero-order valence-electron chi connectivity index (χ0n) is 4.86. The summed E-state index contributed by atoms with van der Waals surface area (Å²) in [5.41, 5.74) is 2.35. The molecular weight excluding hydrogens is 116 g/mol. The number of allylic oxidation sites excluding steroid dienone is 3. The molecule has 0 amide bonds. The van der Waals surface area contributed by atoms with E-state index in [1.54, 1.807) is 12.4 Å². The van der Waals surface area contributed by atoms with Crippen molar-refractivity contribution in [3.63, 3.8) is 0 Å². The highest BCUT2D eigenvalue weighted by molar-refractivity contribution is 5.71. The predicted octanol–water partition coefficient (Wildman–Crippen LogP) is -0.264. The molecular formula is C5H8N4. The molecule has 0 aliphatic carbocycles. The summed E-state index contributed by atoms with van der Waals surface area (Å²) in [5.74, 6) is 5.06. The van der Waals surface area contributed by atoms with E-state index < -0.39 is 0 Å². The minimum atomic E-state index is 1.40. The molecule has 48 valence electrons. The van der Waals surface area contributed by atoms with E-state index in [4.69, 9.17) is 5.84 Å². The Kier molecular flexibility index (Phi) is 2.00. The van der Waals surface area contributed by atoms with E-state index in [9.17, 15) is 0 Å². The van der Waals surface area contributed by atoms with E-state index in [0.717, 1.165) is 0 Å². The van der Waals surface area contributed by atoms with Crippen molar-refractivity contribution < 1.29 is 0 Å². The zero-order chi connectivity index (χ0) is 6.53. The van der Waals surface area contributed by atoms with Gasteiger partial charge in [0.25, 0.3) is 0 Å². The second-order valence-electron chi connectivity index (χ2n) is 1.46. The Bertz CT molecular complexity index is 142. The number of hydrogen-bond acceptors (Lipinski definition) is 4. The Morgan fingerprint density at radius 1 is 1.33 bits per heavy atom. The van der Waals surface area contributed by atoms with Crippen LogP contribution in [-0.4, -0.2) is 11.3 Å². The predicted molar refractivity (Wildman–Crippen MR) is 35.9 cm³/mol. The molecule has 0 aromatic rings. The lowest BCUT2D eigenvalue weighted by molar-refractivity contribution is 0.291. The van der Waals surface area contributed by atoms with Gasteiger partial charge < -0.3 is 0 Å². The lowest BCUT2D eigenvalue weighted by Gasteiger charge is -2.08. The van der Waals surface area contributed by atoms with Crippen molar-refractivity contribution >= 4 is 6.21 Å². The first-order valence-corrected chi connectivity index (χ1v) is 2.56. The molecule has 1 rings (SSSR count). The first-order chi connectivity index (χ1) is 4.43. The van der Waals surface area contributed by atoms with Crippen LogP contribution in [0.5, 0.6) is 0 Å². The maximum atomic E-state index is 5.06. The van der Waals surface area contributed by atoms with Crippen molar-refractivity contribution in [2.45, 2.75) is 0 Å². The SMILES string of the molecule is NNN1C=CC=CC=N1. The molecule has 0 spiro atoms. The van der Waals surface area contributed by atoms with Crippen LogP contribution in [0, 0.1) is 0 Å². The van der Waals surface area contributed by atoms with Crippen molar-refractivity contribution in [2.24, 2.45) is 10.9 Å². The largest absolute Gasteiger partial charge is 0.252 e. The third-order valence-corrected chi connectivity index (χ3v) is 0.859. The normalized spacial score (nSPS) is 16.3. The average Bonchev–Trinajstić information content (AvgIpc) is 2.13. The van der Waals surface area contributed by atoms with Gasteiger partial charge in [-0.15, -0.1) is 0 Å². The quantitative estimate of drug-likeness (QED) is 0.374. The summed E-state index contributed by atoms with van der Waals surface area (Å²) < 4.78 is 0. The summed E-state index contributed by atoms with van der Waals surface area (Å²) in [6, 6.07) is 0. The fraction of sp³-hybridized carbons (Fsp3) is 0. The van der Waals surface area contributed by atoms with E-state index in [2.05, 4.69) is 10.6 Å². The number of hydrazine groups is 2. The molecule has 0 aromatic carbocycles. The highest BCUT2D eigenvalue weighted by Gasteiger charge is 1.87. The van der Waals surface area contributed by atoms with Crippen molar-refractivity contribution in [1.29, 1.82) is 0 Å². The first-order valence-electron chi connectivity index (χ1n) is 2.56. The molecule has 3 N–H and O–H groups in total. The van der Waals surface area contributed by atoms with Gasteiger partial charge in [0.1, 0.15) is 0 Å². The van der Waals surface area contributed by atoms with E-state index in [1.807, 2.05) is 18.2 Å². The number of hydrazone groups is 1. The number of rotatable bonds is 1. The molecule has 4 nitrogen and oxygen atoms in total. The Hall–Kier alpha value is -1.13. The van der Waals surface area contributed by atoms with Crippen LogP contribution < -0.4 is 11.4 Å². The maximum Gasteiger partial charge on any atom is 0.0490 e. The molecule has 1 aliphatic heterocycles. The monoisotopic (exact) mass is 124 g/mol. The van der Waals surface area contributed by atoms with Crippen LogP contribution in [0.4, 0.5) is 0 Å². The summed E-state index contributed by atoms with van der Waals surface area (Å²) in [6.07, 6.45) is 8.85. The van der Waals surface area contributed by atoms with Gasteiger partial charge in [-0.25, -0.2) is 0 Å². The number of nitrogens with zero attached hydrogens (tertiary/aromatic N) is 2. The van der Waals surface area contributed by atoms with E-state index >= 15 is 0 Å². The Morgan fingerprint density at radius 3 is 3.00 bits per heavy atom. The van der Waals surface area contributed by atoms with E-state index in [-0.39, 0.29) is 0 Å². The molecule has 0 atom stereocenters. The van der Waals surface area contributed by atoms with Gasteiger partial charge in [0.05, 0.1) is 0 Å². The highest BCUT2D eigenvalue weighted by Crippen LogP contribution is 1.88. The standard InChI is InChI=1S/C5H8N4/c6-8-9-5-3-1-2-4-7-9/h1-5,8H,6H2. The topological polar surface area (TPSA) is 53.6 Å². The summed E-state index contributed by atoms with van der Waals surface area (Å²) in [5, 5.41) is 5.24. The average molecular weight is 124 g/mol. The molecule has 0 bridgehead atoms. The third kappa shape index (κ3) is 1.67. The molecule has 0 aromatic heterocycles. The zero-order valence-corrected chi connectivity index (χ0v) is 4.86. The van der Waals surface area contributed by atoms with Crippen LogP contribution in [0.2, 0.25) is 0 Å². The Labute approximate surface area is 53.3 Å².